The summed E-state index contributed by atoms with van der Waals surface area (Å²) < 4.78 is 4.63. The summed E-state index contributed by atoms with van der Waals surface area (Å²) in [5.41, 5.74) is 1.58. The summed E-state index contributed by atoms with van der Waals surface area (Å²) in [5, 5.41) is 12.5. The Bertz CT molecular complexity index is 396. The summed E-state index contributed by atoms with van der Waals surface area (Å²) in [6.45, 7) is 1.02. The average molecular weight is 235 g/mol. The van der Waals surface area contributed by atoms with Crippen LogP contribution in [0, 0.1) is 5.41 Å². The third-order valence-electron chi connectivity index (χ3n) is 3.27. The third-order valence-corrected chi connectivity index (χ3v) is 3.27. The Labute approximate surface area is 101 Å². The lowest BCUT2D eigenvalue weighted by atomic mass is 10.1. The molecule has 4 heteroatoms. The van der Waals surface area contributed by atoms with Gasteiger partial charge >= 0.3 is 5.97 Å². The highest BCUT2D eigenvalue weighted by Crippen LogP contribution is 2.44. The van der Waals surface area contributed by atoms with Crippen LogP contribution < -0.4 is 5.32 Å². The molecule has 0 aliphatic heterocycles. The van der Waals surface area contributed by atoms with E-state index in [0.29, 0.717) is 5.56 Å². The van der Waals surface area contributed by atoms with Crippen molar-refractivity contribution in [2.45, 2.75) is 12.8 Å². The minimum Gasteiger partial charge on any atom is -0.465 e. The molecular weight excluding hydrogens is 218 g/mol. The largest absolute Gasteiger partial charge is 0.465 e. The van der Waals surface area contributed by atoms with Crippen LogP contribution in [-0.4, -0.2) is 31.3 Å². The molecule has 0 radical (unpaired) electrons. The molecule has 0 heterocycles. The fourth-order valence-electron chi connectivity index (χ4n) is 1.70. The van der Waals surface area contributed by atoms with Gasteiger partial charge in [-0.25, -0.2) is 4.79 Å². The first-order chi connectivity index (χ1) is 8.19. The zero-order valence-electron chi connectivity index (χ0n) is 9.90. The van der Waals surface area contributed by atoms with Gasteiger partial charge in [0.15, 0.2) is 0 Å². The molecule has 1 aromatic carbocycles. The number of benzene rings is 1. The standard InChI is InChI=1S/C13H17NO3/c1-17-12(16)10-2-4-11(5-3-10)14-8-13(9-15)6-7-13/h2-5,14-15H,6-9H2,1H3. The van der Waals surface area contributed by atoms with Gasteiger partial charge in [-0.15, -0.1) is 0 Å². The Morgan fingerprint density at radius 3 is 2.53 bits per heavy atom. The first kappa shape index (κ1) is 11.9. The average Bonchev–Trinajstić information content (AvgIpc) is 3.17. The topological polar surface area (TPSA) is 58.6 Å². The summed E-state index contributed by atoms with van der Waals surface area (Å²) >= 11 is 0. The molecule has 17 heavy (non-hydrogen) atoms. The van der Waals surface area contributed by atoms with Crippen molar-refractivity contribution in [2.24, 2.45) is 5.41 Å². The fraction of sp³-hybridized carbons (Fsp3) is 0.462. The van der Waals surface area contributed by atoms with Gasteiger partial charge in [-0.05, 0) is 37.1 Å². The molecule has 0 spiro atoms. The van der Waals surface area contributed by atoms with E-state index in [1.54, 1.807) is 12.1 Å². The maximum Gasteiger partial charge on any atom is 0.337 e. The van der Waals surface area contributed by atoms with E-state index in [0.717, 1.165) is 25.1 Å². The van der Waals surface area contributed by atoms with Gasteiger partial charge in [0, 0.05) is 17.6 Å². The number of carbonyl (C=O) groups excluding carboxylic acids is 1. The number of esters is 1. The molecular formula is C13H17NO3. The van der Waals surface area contributed by atoms with E-state index in [1.807, 2.05) is 12.1 Å². The van der Waals surface area contributed by atoms with Crippen LogP contribution in [0.4, 0.5) is 5.69 Å². The van der Waals surface area contributed by atoms with Gasteiger partial charge in [0.05, 0.1) is 19.3 Å². The molecule has 1 aliphatic carbocycles. The number of carbonyl (C=O) groups is 1. The predicted molar refractivity (Wildman–Crippen MR) is 65.0 cm³/mol. The first-order valence-electron chi connectivity index (χ1n) is 5.72. The van der Waals surface area contributed by atoms with E-state index in [9.17, 15) is 9.90 Å². The third kappa shape index (κ3) is 2.77. The highest BCUT2D eigenvalue weighted by molar-refractivity contribution is 5.89. The maximum atomic E-state index is 11.2. The number of methoxy groups -OCH3 is 1. The first-order valence-corrected chi connectivity index (χ1v) is 5.72. The summed E-state index contributed by atoms with van der Waals surface area (Å²) in [6, 6.07) is 7.15. The van der Waals surface area contributed by atoms with Crippen molar-refractivity contribution >= 4 is 11.7 Å². The lowest BCUT2D eigenvalue weighted by Crippen LogP contribution is -2.19. The van der Waals surface area contributed by atoms with Crippen molar-refractivity contribution in [3.63, 3.8) is 0 Å². The van der Waals surface area contributed by atoms with Gasteiger partial charge in [-0.3, -0.25) is 0 Å². The van der Waals surface area contributed by atoms with Gasteiger partial charge in [-0.1, -0.05) is 0 Å². The Morgan fingerprint density at radius 1 is 1.41 bits per heavy atom. The van der Waals surface area contributed by atoms with Crippen LogP contribution in [0.25, 0.3) is 0 Å². The Kier molecular flexibility index (Phi) is 3.33. The Hall–Kier alpha value is -1.55. The number of ether oxygens (including phenoxy) is 1. The van der Waals surface area contributed by atoms with E-state index >= 15 is 0 Å². The molecule has 0 atom stereocenters. The van der Waals surface area contributed by atoms with Crippen LogP contribution in [0.2, 0.25) is 0 Å². The quantitative estimate of drug-likeness (QED) is 0.762. The number of anilines is 1. The predicted octanol–water partition coefficient (Wildman–Crippen LogP) is 1.66. The van der Waals surface area contributed by atoms with Crippen molar-refractivity contribution in [3.8, 4) is 0 Å². The summed E-state index contributed by atoms with van der Waals surface area (Å²) in [4.78, 5) is 11.2. The lowest BCUT2D eigenvalue weighted by Gasteiger charge is -2.13. The van der Waals surface area contributed by atoms with E-state index in [1.165, 1.54) is 7.11 Å². The highest BCUT2D eigenvalue weighted by atomic mass is 16.5. The van der Waals surface area contributed by atoms with Crippen LogP contribution in [0.5, 0.6) is 0 Å². The summed E-state index contributed by atoms with van der Waals surface area (Å²) in [5.74, 6) is -0.328. The number of aliphatic hydroxyl groups excluding tert-OH is 1. The molecule has 2 N–H and O–H groups in total. The maximum absolute atomic E-state index is 11.2. The van der Waals surface area contributed by atoms with Crippen molar-refractivity contribution in [3.05, 3.63) is 29.8 Å². The minimum absolute atomic E-state index is 0.0843. The normalized spacial score (nSPS) is 16.4. The van der Waals surface area contributed by atoms with Crippen molar-refractivity contribution in [2.75, 3.05) is 25.6 Å². The van der Waals surface area contributed by atoms with Crippen LogP contribution in [0.1, 0.15) is 23.2 Å². The Balaban J connectivity index is 1.92. The van der Waals surface area contributed by atoms with E-state index in [2.05, 4.69) is 10.1 Å². The highest BCUT2D eigenvalue weighted by Gasteiger charge is 2.41. The number of hydrogen-bond donors (Lipinski definition) is 2. The van der Waals surface area contributed by atoms with Gasteiger partial charge in [0.25, 0.3) is 0 Å². The number of aliphatic hydroxyl groups is 1. The molecule has 0 unspecified atom stereocenters. The number of nitrogens with one attached hydrogen (secondary N) is 1. The fourth-order valence-corrected chi connectivity index (χ4v) is 1.70. The van der Waals surface area contributed by atoms with Crippen LogP contribution in [0.3, 0.4) is 0 Å². The summed E-state index contributed by atoms with van der Waals surface area (Å²) in [6.07, 6.45) is 2.16. The molecule has 1 fully saturated rings. The second-order valence-electron chi connectivity index (χ2n) is 4.58. The monoisotopic (exact) mass is 235 g/mol. The summed E-state index contributed by atoms with van der Waals surface area (Å²) in [7, 11) is 1.37. The van der Waals surface area contributed by atoms with Crippen molar-refractivity contribution in [1.82, 2.24) is 0 Å². The second-order valence-corrected chi connectivity index (χ2v) is 4.58. The van der Waals surface area contributed by atoms with Crippen molar-refractivity contribution in [1.29, 1.82) is 0 Å². The Morgan fingerprint density at radius 2 is 2.06 bits per heavy atom. The molecule has 0 aromatic heterocycles. The van der Waals surface area contributed by atoms with Crippen LogP contribution in [0.15, 0.2) is 24.3 Å². The van der Waals surface area contributed by atoms with Gasteiger partial charge in [0.1, 0.15) is 0 Å². The van der Waals surface area contributed by atoms with Gasteiger partial charge in [0.2, 0.25) is 0 Å². The molecule has 4 nitrogen and oxygen atoms in total. The molecule has 0 bridgehead atoms. The van der Waals surface area contributed by atoms with E-state index in [4.69, 9.17) is 0 Å². The van der Waals surface area contributed by atoms with Crippen molar-refractivity contribution < 1.29 is 14.6 Å². The smallest absolute Gasteiger partial charge is 0.337 e. The molecule has 92 valence electrons. The van der Waals surface area contributed by atoms with Crippen LogP contribution >= 0.6 is 0 Å². The number of rotatable bonds is 5. The van der Waals surface area contributed by atoms with E-state index in [-0.39, 0.29) is 18.0 Å². The van der Waals surface area contributed by atoms with Crippen LogP contribution in [-0.2, 0) is 4.74 Å². The zero-order chi connectivity index (χ0) is 12.3. The second kappa shape index (κ2) is 4.75. The number of hydrogen-bond acceptors (Lipinski definition) is 4. The molecule has 2 rings (SSSR count). The molecule has 1 saturated carbocycles. The van der Waals surface area contributed by atoms with Gasteiger partial charge < -0.3 is 15.2 Å². The molecule has 1 aliphatic rings. The molecule has 1 aromatic rings. The molecule has 0 amide bonds. The lowest BCUT2D eigenvalue weighted by molar-refractivity contribution is 0.0601. The molecule has 0 saturated heterocycles. The van der Waals surface area contributed by atoms with Gasteiger partial charge in [-0.2, -0.15) is 0 Å². The minimum atomic E-state index is -0.328. The SMILES string of the molecule is COC(=O)c1ccc(NCC2(CO)CC2)cc1. The zero-order valence-corrected chi connectivity index (χ0v) is 9.90. The van der Waals surface area contributed by atoms with E-state index < -0.39 is 0 Å².